The molecule has 0 saturated carbocycles. The SMILES string of the molecule is C=CC1C(OC2OC(CO)C(O)C(O)(O)C2O)OC=C(C(=O)OCCC(O)CO)C1C=CC1=CC(C(=O)O)=C[NH+](CCO)C1. The number of carboxylic acid groups (broad SMARTS) is 1. The number of aliphatic carboxylic acids is 1. The summed E-state index contributed by atoms with van der Waals surface area (Å²) in [7, 11) is 0. The van der Waals surface area contributed by atoms with Gasteiger partial charge in [0.2, 0.25) is 12.1 Å². The Hall–Kier alpha value is -3.00. The predicted octanol–water partition coefficient (Wildman–Crippen LogP) is -4.59. The number of allylic oxidation sites excluding steroid dienone is 1. The summed E-state index contributed by atoms with van der Waals surface area (Å²) < 4.78 is 21.9. The van der Waals surface area contributed by atoms with E-state index in [2.05, 4.69) is 6.58 Å². The van der Waals surface area contributed by atoms with Crippen molar-refractivity contribution in [3.05, 3.63) is 60.1 Å². The second-order valence-corrected chi connectivity index (χ2v) is 10.5. The number of carboxylic acids is 1. The number of carbonyl (C=O) groups excluding carboxylic acids is 1. The summed E-state index contributed by atoms with van der Waals surface area (Å²) >= 11 is 0. The zero-order valence-corrected chi connectivity index (χ0v) is 23.7. The lowest BCUT2D eigenvalue weighted by molar-refractivity contribution is -0.842. The van der Waals surface area contributed by atoms with Gasteiger partial charge >= 0.3 is 11.9 Å². The van der Waals surface area contributed by atoms with Gasteiger partial charge in [-0.05, 0) is 6.08 Å². The number of nitrogens with one attached hydrogen (secondary N) is 1. The molecule has 9 atom stereocenters. The van der Waals surface area contributed by atoms with Crippen LogP contribution in [0, 0.1) is 11.8 Å². The van der Waals surface area contributed by atoms with Crippen LogP contribution in [-0.2, 0) is 28.5 Å². The lowest BCUT2D eigenvalue weighted by atomic mass is 9.83. The fraction of sp³-hybridized carbons (Fsp3) is 0.571. The summed E-state index contributed by atoms with van der Waals surface area (Å²) in [6.07, 6.45) is -1.81. The van der Waals surface area contributed by atoms with E-state index in [4.69, 9.17) is 24.1 Å². The average Bonchev–Trinajstić information content (AvgIpc) is 3.00. The normalized spacial score (nSPS) is 32.6. The number of hydrogen-bond donors (Lipinski definition) is 10. The van der Waals surface area contributed by atoms with E-state index in [0.29, 0.717) is 17.0 Å². The second-order valence-electron chi connectivity index (χ2n) is 10.5. The van der Waals surface area contributed by atoms with E-state index in [1.54, 1.807) is 12.2 Å². The lowest BCUT2D eigenvalue weighted by Crippen LogP contribution is -3.08. The Labute approximate surface area is 252 Å². The van der Waals surface area contributed by atoms with Crippen LogP contribution in [0.25, 0.3) is 0 Å². The van der Waals surface area contributed by atoms with Gasteiger partial charge < -0.3 is 69.8 Å². The Kier molecular flexibility index (Phi) is 12.8. The van der Waals surface area contributed by atoms with E-state index in [-0.39, 0.29) is 37.3 Å². The Morgan fingerprint density at radius 2 is 1.91 bits per heavy atom. The topological polar surface area (TPSA) is 258 Å². The van der Waals surface area contributed by atoms with Crippen LogP contribution in [-0.4, -0.2) is 140 Å². The van der Waals surface area contributed by atoms with E-state index in [1.807, 2.05) is 0 Å². The fourth-order valence-electron chi connectivity index (χ4n) is 4.88. The molecule has 0 aromatic rings. The maximum absolute atomic E-state index is 13.1. The Bertz CT molecular complexity index is 1150. The third kappa shape index (κ3) is 8.38. The van der Waals surface area contributed by atoms with Crippen LogP contribution >= 0.6 is 0 Å². The summed E-state index contributed by atoms with van der Waals surface area (Å²) in [5, 5.41) is 87.9. The summed E-state index contributed by atoms with van der Waals surface area (Å²) in [5.74, 6) is -7.01. The molecule has 0 spiro atoms. The van der Waals surface area contributed by atoms with Crippen molar-refractivity contribution in [1.82, 2.24) is 0 Å². The minimum Gasteiger partial charge on any atom is -0.477 e. The van der Waals surface area contributed by atoms with E-state index in [0.717, 1.165) is 6.26 Å². The molecule has 246 valence electrons. The van der Waals surface area contributed by atoms with Crippen LogP contribution in [0.15, 0.2) is 60.1 Å². The number of esters is 1. The molecule has 1 fully saturated rings. The van der Waals surface area contributed by atoms with Crippen molar-refractivity contribution in [2.45, 2.75) is 49.2 Å². The zero-order valence-electron chi connectivity index (χ0n) is 23.7. The van der Waals surface area contributed by atoms with Gasteiger partial charge in [-0.25, -0.2) is 9.59 Å². The van der Waals surface area contributed by atoms with Gasteiger partial charge in [0, 0.05) is 17.9 Å². The van der Waals surface area contributed by atoms with Crippen LogP contribution in [0.3, 0.4) is 0 Å². The number of aliphatic hydroxyl groups is 8. The quantitative estimate of drug-likeness (QED) is 0.0492. The van der Waals surface area contributed by atoms with Crippen molar-refractivity contribution < 1.29 is 79.4 Å². The highest BCUT2D eigenvalue weighted by Gasteiger charge is 2.56. The first-order valence-corrected chi connectivity index (χ1v) is 13.8. The summed E-state index contributed by atoms with van der Waals surface area (Å²) in [5.41, 5.74) is 0.489. The van der Waals surface area contributed by atoms with Crippen LogP contribution in [0.1, 0.15) is 6.42 Å². The molecule has 10 N–H and O–H groups in total. The molecule has 0 amide bonds. The molecule has 0 bridgehead atoms. The minimum absolute atomic E-state index is 0.00836. The summed E-state index contributed by atoms with van der Waals surface area (Å²) in [6, 6.07) is 0. The van der Waals surface area contributed by atoms with Crippen molar-refractivity contribution >= 4 is 11.9 Å². The van der Waals surface area contributed by atoms with Crippen LogP contribution in [0.5, 0.6) is 0 Å². The molecule has 3 aliphatic heterocycles. The molecule has 16 heteroatoms. The highest BCUT2D eigenvalue weighted by atomic mass is 16.8. The second kappa shape index (κ2) is 15.8. The number of hydrogen-bond acceptors (Lipinski definition) is 14. The third-order valence-corrected chi connectivity index (χ3v) is 7.39. The number of aliphatic hydroxyl groups excluding tert-OH is 6. The molecule has 3 aliphatic rings. The smallest absolute Gasteiger partial charge is 0.341 e. The Balaban J connectivity index is 1.92. The number of quaternary nitrogens is 1. The highest BCUT2D eigenvalue weighted by molar-refractivity contribution is 5.90. The maximum atomic E-state index is 13.1. The van der Waals surface area contributed by atoms with E-state index < -0.39 is 79.8 Å². The molecule has 9 unspecified atom stereocenters. The van der Waals surface area contributed by atoms with Crippen molar-refractivity contribution in [3.63, 3.8) is 0 Å². The molecule has 0 radical (unpaired) electrons. The number of carbonyl (C=O) groups is 2. The van der Waals surface area contributed by atoms with Gasteiger partial charge in [-0.1, -0.05) is 18.2 Å². The zero-order chi connectivity index (χ0) is 32.6. The van der Waals surface area contributed by atoms with Crippen molar-refractivity contribution in [2.24, 2.45) is 11.8 Å². The largest absolute Gasteiger partial charge is 0.477 e. The number of ether oxygens (including phenoxy) is 4. The molecule has 1 saturated heterocycles. The molecule has 44 heavy (non-hydrogen) atoms. The standard InChI is InChI=1S/C28H39NO15/c1-2-18-19(4-3-15-9-16(24(36)37)11-29(10-15)6-7-30)20(25(38)41-8-5-17(33)12-31)14-42-26(18)44-27-23(35)28(39,40)22(34)21(13-32)43-27/h2-4,9,11,14,17-19,21-23,26-27,30-35,39-40H,1,5-8,10,12-13H2,(H,36,37)/p+1. The monoisotopic (exact) mass is 630 g/mol. The van der Waals surface area contributed by atoms with Crippen molar-refractivity contribution in [2.75, 3.05) is 39.5 Å². The molecule has 3 rings (SSSR count). The van der Waals surface area contributed by atoms with Gasteiger partial charge in [-0.2, -0.15) is 0 Å². The summed E-state index contributed by atoms with van der Waals surface area (Å²) in [4.78, 5) is 25.4. The fourth-order valence-corrected chi connectivity index (χ4v) is 4.88. The summed E-state index contributed by atoms with van der Waals surface area (Å²) in [6.45, 7) is 2.51. The van der Waals surface area contributed by atoms with Gasteiger partial charge in [-0.3, -0.25) is 0 Å². The molecular formula is C28H40NO15+. The van der Waals surface area contributed by atoms with Gasteiger partial charge in [0.15, 0.2) is 12.4 Å². The maximum Gasteiger partial charge on any atom is 0.341 e. The van der Waals surface area contributed by atoms with Gasteiger partial charge in [-0.15, -0.1) is 6.58 Å². The Morgan fingerprint density at radius 3 is 2.52 bits per heavy atom. The third-order valence-electron chi connectivity index (χ3n) is 7.39. The lowest BCUT2D eigenvalue weighted by Gasteiger charge is -2.46. The molecule has 16 nitrogen and oxygen atoms in total. The van der Waals surface area contributed by atoms with Crippen LogP contribution in [0.2, 0.25) is 0 Å². The predicted molar refractivity (Wildman–Crippen MR) is 146 cm³/mol. The van der Waals surface area contributed by atoms with Crippen molar-refractivity contribution in [1.29, 1.82) is 0 Å². The molecular weight excluding hydrogens is 590 g/mol. The molecule has 0 aliphatic carbocycles. The first-order chi connectivity index (χ1) is 20.9. The van der Waals surface area contributed by atoms with Crippen LogP contribution in [0.4, 0.5) is 0 Å². The van der Waals surface area contributed by atoms with Crippen LogP contribution < -0.4 is 4.90 Å². The molecule has 0 aromatic carbocycles. The van der Waals surface area contributed by atoms with E-state index in [1.165, 1.54) is 18.4 Å². The number of rotatable bonds is 14. The first-order valence-electron chi connectivity index (χ1n) is 13.8. The van der Waals surface area contributed by atoms with Gasteiger partial charge in [0.25, 0.3) is 0 Å². The first kappa shape index (κ1) is 35.5. The minimum atomic E-state index is -3.12. The van der Waals surface area contributed by atoms with Crippen molar-refractivity contribution in [3.8, 4) is 0 Å². The molecule has 3 heterocycles. The van der Waals surface area contributed by atoms with E-state index in [9.17, 15) is 50.4 Å². The highest BCUT2D eigenvalue weighted by Crippen LogP contribution is 2.37. The van der Waals surface area contributed by atoms with Gasteiger partial charge in [0.1, 0.15) is 37.1 Å². The van der Waals surface area contributed by atoms with E-state index >= 15 is 0 Å². The van der Waals surface area contributed by atoms with Gasteiger partial charge in [0.05, 0.1) is 50.3 Å². The molecule has 0 aromatic heterocycles. The average molecular weight is 631 g/mol. The Morgan fingerprint density at radius 1 is 1.18 bits per heavy atom.